The van der Waals surface area contributed by atoms with E-state index in [1.807, 2.05) is 11.8 Å². The van der Waals surface area contributed by atoms with Crippen molar-refractivity contribution in [2.45, 2.75) is 29.4 Å². The third-order valence-corrected chi connectivity index (χ3v) is 6.13. The molecule has 19 heavy (non-hydrogen) atoms. The van der Waals surface area contributed by atoms with Gasteiger partial charge in [0.1, 0.15) is 4.90 Å². The van der Waals surface area contributed by atoms with Crippen LogP contribution in [0.2, 0.25) is 0 Å². The third kappa shape index (κ3) is 3.38. The van der Waals surface area contributed by atoms with Gasteiger partial charge in [-0.05, 0) is 31.6 Å². The van der Waals surface area contributed by atoms with E-state index in [1.165, 1.54) is 18.5 Å². The van der Waals surface area contributed by atoms with Gasteiger partial charge in [-0.1, -0.05) is 0 Å². The number of hydrogen-bond donors (Lipinski definition) is 3. The Morgan fingerprint density at radius 1 is 1.58 bits per heavy atom. The summed E-state index contributed by atoms with van der Waals surface area (Å²) in [4.78, 5) is 3.91. The van der Waals surface area contributed by atoms with E-state index in [4.69, 9.17) is 5.84 Å². The number of hydrazine groups is 1. The molecule has 1 aromatic heterocycles. The first-order chi connectivity index (χ1) is 8.97. The predicted octanol–water partition coefficient (Wildman–Crippen LogP) is 0.931. The minimum atomic E-state index is -3.60. The van der Waals surface area contributed by atoms with Gasteiger partial charge in [-0.3, -0.25) is 10.8 Å². The second-order valence-corrected chi connectivity index (χ2v) is 8.16. The molecule has 0 radical (unpaired) electrons. The maximum absolute atomic E-state index is 12.3. The van der Waals surface area contributed by atoms with Crippen LogP contribution in [0.4, 0.5) is 5.69 Å². The lowest BCUT2D eigenvalue weighted by Crippen LogP contribution is -2.37. The first-order valence-electron chi connectivity index (χ1n) is 6.01. The molecule has 0 saturated carbocycles. The summed E-state index contributed by atoms with van der Waals surface area (Å²) >= 11 is 1.81. The second-order valence-electron chi connectivity index (χ2n) is 4.74. The van der Waals surface area contributed by atoms with Crippen LogP contribution in [0, 0.1) is 0 Å². The molecule has 1 atom stereocenters. The fourth-order valence-electron chi connectivity index (χ4n) is 2.02. The first-order valence-corrected chi connectivity index (χ1v) is 8.48. The molecule has 1 aliphatic heterocycles. The zero-order valence-corrected chi connectivity index (χ0v) is 12.4. The van der Waals surface area contributed by atoms with Gasteiger partial charge >= 0.3 is 0 Å². The Kier molecular flexibility index (Phi) is 4.34. The Morgan fingerprint density at radius 2 is 2.37 bits per heavy atom. The van der Waals surface area contributed by atoms with Crippen molar-refractivity contribution in [1.82, 2.24) is 9.71 Å². The summed E-state index contributed by atoms with van der Waals surface area (Å²) in [7, 11) is -3.60. The van der Waals surface area contributed by atoms with Crippen LogP contribution in [0.5, 0.6) is 0 Å². The monoisotopic (exact) mass is 302 g/mol. The molecule has 0 aromatic carbocycles. The molecule has 1 aromatic rings. The summed E-state index contributed by atoms with van der Waals surface area (Å²) < 4.78 is 27.1. The van der Waals surface area contributed by atoms with Gasteiger partial charge in [0.25, 0.3) is 0 Å². The zero-order chi connectivity index (χ0) is 13.9. The van der Waals surface area contributed by atoms with Crippen LogP contribution in [-0.4, -0.2) is 30.4 Å². The Bertz CT molecular complexity index is 541. The van der Waals surface area contributed by atoms with Gasteiger partial charge in [0.2, 0.25) is 10.0 Å². The van der Waals surface area contributed by atoms with E-state index < -0.39 is 10.0 Å². The summed E-state index contributed by atoms with van der Waals surface area (Å²) in [6, 6.07) is 1.53. The summed E-state index contributed by atoms with van der Waals surface area (Å²) in [6.07, 6.45) is 4.94. The van der Waals surface area contributed by atoms with Crippen LogP contribution >= 0.6 is 11.8 Å². The molecule has 2 rings (SSSR count). The van der Waals surface area contributed by atoms with Crippen molar-refractivity contribution in [3.8, 4) is 0 Å². The lowest BCUT2D eigenvalue weighted by atomic mass is 10.1. The summed E-state index contributed by atoms with van der Waals surface area (Å²) in [5.74, 6) is 6.40. The summed E-state index contributed by atoms with van der Waals surface area (Å²) in [5.41, 5.74) is 2.71. The molecular weight excluding hydrogens is 284 g/mol. The van der Waals surface area contributed by atoms with Gasteiger partial charge in [0.05, 0.1) is 5.69 Å². The Morgan fingerprint density at radius 3 is 3.00 bits per heavy atom. The summed E-state index contributed by atoms with van der Waals surface area (Å²) in [6.45, 7) is 2.50. The topological polar surface area (TPSA) is 97.1 Å². The van der Waals surface area contributed by atoms with E-state index in [2.05, 4.69) is 22.1 Å². The average Bonchev–Trinajstić information content (AvgIpc) is 2.84. The molecule has 8 heteroatoms. The van der Waals surface area contributed by atoms with Crippen molar-refractivity contribution in [2.75, 3.05) is 17.7 Å². The van der Waals surface area contributed by atoms with Crippen molar-refractivity contribution >= 4 is 27.5 Å². The number of nitrogens with two attached hydrogens (primary N) is 1. The van der Waals surface area contributed by atoms with Crippen LogP contribution in [0.3, 0.4) is 0 Å². The van der Waals surface area contributed by atoms with E-state index in [0.29, 0.717) is 12.2 Å². The minimum absolute atomic E-state index is 0.0222. The van der Waals surface area contributed by atoms with Crippen LogP contribution in [0.1, 0.15) is 19.8 Å². The number of nitrogens with one attached hydrogen (secondary N) is 2. The summed E-state index contributed by atoms with van der Waals surface area (Å²) in [5, 5.41) is 0. The number of anilines is 1. The maximum atomic E-state index is 12.3. The number of rotatable bonds is 5. The lowest BCUT2D eigenvalue weighted by molar-refractivity contribution is 0.552. The fourth-order valence-corrected chi connectivity index (χ4v) is 4.63. The molecule has 4 N–H and O–H groups in total. The molecule has 1 aliphatic rings. The molecule has 106 valence electrons. The number of pyridine rings is 1. The highest BCUT2D eigenvalue weighted by Gasteiger charge is 2.31. The number of thioether (sulfide) groups is 1. The van der Waals surface area contributed by atoms with Gasteiger partial charge in [0.15, 0.2) is 0 Å². The van der Waals surface area contributed by atoms with Crippen LogP contribution in [0.15, 0.2) is 23.4 Å². The highest BCUT2D eigenvalue weighted by molar-refractivity contribution is 8.01. The van der Waals surface area contributed by atoms with Crippen molar-refractivity contribution < 1.29 is 8.42 Å². The van der Waals surface area contributed by atoms with Crippen LogP contribution in [-0.2, 0) is 10.0 Å². The Hall–Kier alpha value is -0.830. The highest BCUT2D eigenvalue weighted by atomic mass is 32.2. The Labute approximate surface area is 117 Å². The third-order valence-electron chi connectivity index (χ3n) is 3.17. The average molecular weight is 302 g/mol. The molecule has 1 unspecified atom stereocenters. The molecule has 0 amide bonds. The van der Waals surface area contributed by atoms with Gasteiger partial charge in [-0.2, -0.15) is 11.8 Å². The van der Waals surface area contributed by atoms with Crippen molar-refractivity contribution in [3.05, 3.63) is 18.5 Å². The standard InChI is InChI=1S/C11H18N4O2S2/c1-11(4-2-6-18-11)8-14-19(16,17)10-7-13-5-3-9(10)15-12/h3,5,7,14H,2,4,6,8,12H2,1H3,(H,13,15). The number of hydrogen-bond acceptors (Lipinski definition) is 6. The van der Waals surface area contributed by atoms with Gasteiger partial charge in [0, 0.05) is 23.7 Å². The van der Waals surface area contributed by atoms with E-state index in [9.17, 15) is 8.42 Å². The first kappa shape index (κ1) is 14.6. The number of nitrogens with zero attached hydrogens (tertiary/aromatic N) is 1. The number of nitrogen functional groups attached to an aromatic ring is 1. The SMILES string of the molecule is CC1(CNS(=O)(=O)c2cnccc2NN)CCCS1. The van der Waals surface area contributed by atoms with E-state index in [0.717, 1.165) is 18.6 Å². The Balaban J connectivity index is 2.14. The second kappa shape index (κ2) is 5.66. The van der Waals surface area contributed by atoms with Gasteiger partial charge in [-0.15, -0.1) is 0 Å². The molecule has 2 heterocycles. The molecular formula is C11H18N4O2S2. The molecule has 0 bridgehead atoms. The molecule has 0 aliphatic carbocycles. The largest absolute Gasteiger partial charge is 0.323 e. The molecule has 0 spiro atoms. The quantitative estimate of drug-likeness (QED) is 0.553. The molecule has 6 nitrogen and oxygen atoms in total. The van der Waals surface area contributed by atoms with E-state index >= 15 is 0 Å². The number of sulfonamides is 1. The fraction of sp³-hybridized carbons (Fsp3) is 0.545. The molecule has 1 fully saturated rings. The van der Waals surface area contributed by atoms with Crippen molar-refractivity contribution in [1.29, 1.82) is 0 Å². The highest BCUT2D eigenvalue weighted by Crippen LogP contribution is 2.37. The van der Waals surface area contributed by atoms with Crippen LogP contribution < -0.4 is 16.0 Å². The van der Waals surface area contributed by atoms with Crippen LogP contribution in [0.25, 0.3) is 0 Å². The predicted molar refractivity (Wildman–Crippen MR) is 77.3 cm³/mol. The molecule has 1 saturated heterocycles. The van der Waals surface area contributed by atoms with Crippen molar-refractivity contribution in [2.24, 2.45) is 5.84 Å². The number of aromatic nitrogens is 1. The minimum Gasteiger partial charge on any atom is -0.323 e. The van der Waals surface area contributed by atoms with E-state index in [1.54, 1.807) is 0 Å². The van der Waals surface area contributed by atoms with Gasteiger partial charge < -0.3 is 5.43 Å². The van der Waals surface area contributed by atoms with Crippen molar-refractivity contribution in [3.63, 3.8) is 0 Å². The normalized spacial score (nSPS) is 23.5. The lowest BCUT2D eigenvalue weighted by Gasteiger charge is -2.23. The maximum Gasteiger partial charge on any atom is 0.244 e. The zero-order valence-electron chi connectivity index (χ0n) is 10.7. The van der Waals surface area contributed by atoms with Gasteiger partial charge in [-0.25, -0.2) is 13.1 Å². The smallest absolute Gasteiger partial charge is 0.244 e. The van der Waals surface area contributed by atoms with E-state index in [-0.39, 0.29) is 9.64 Å².